The molecule has 0 atom stereocenters. The Balaban J connectivity index is 2.38. The highest BCUT2D eigenvalue weighted by molar-refractivity contribution is 6.07. The van der Waals surface area contributed by atoms with Crippen LogP contribution in [-0.2, 0) is 0 Å². The van der Waals surface area contributed by atoms with E-state index in [-0.39, 0.29) is 0 Å². The van der Waals surface area contributed by atoms with E-state index in [9.17, 15) is 0 Å². The monoisotopic (exact) mass is 236 g/mol. The van der Waals surface area contributed by atoms with Crippen LogP contribution in [0, 0.1) is 0 Å². The zero-order valence-electron chi connectivity index (χ0n) is 10.7. The van der Waals surface area contributed by atoms with Gasteiger partial charge in [-0.05, 0) is 25.0 Å². The third-order valence-corrected chi connectivity index (χ3v) is 3.34. The van der Waals surface area contributed by atoms with Gasteiger partial charge >= 0.3 is 0 Å². The molecule has 0 saturated heterocycles. The molecule has 0 N–H and O–H groups in total. The summed E-state index contributed by atoms with van der Waals surface area (Å²) in [5, 5.41) is 2.39. The molecule has 1 heteroatoms. The van der Waals surface area contributed by atoms with Crippen LogP contribution < -0.4 is 0 Å². The highest BCUT2D eigenvalue weighted by Gasteiger charge is 2.10. The van der Waals surface area contributed by atoms with Crippen molar-refractivity contribution in [3.05, 3.63) is 54.1 Å². The molecule has 2 aromatic carbocycles. The summed E-state index contributed by atoms with van der Waals surface area (Å²) in [4.78, 5) is 0. The zero-order chi connectivity index (χ0) is 12.5. The van der Waals surface area contributed by atoms with Crippen molar-refractivity contribution >= 4 is 27.5 Å². The molecule has 0 spiro atoms. The maximum atomic E-state index is 6.01. The van der Waals surface area contributed by atoms with E-state index < -0.39 is 0 Å². The standard InChI is InChI=1S/C17H16O/c1-3-7-12(2)13-9-6-10-15-14-8-4-5-11-16(14)18-17(13)15/h4-11H,3H2,1-2H3. The lowest BCUT2D eigenvalue weighted by atomic mass is 10.0. The van der Waals surface area contributed by atoms with Crippen molar-refractivity contribution in [3.63, 3.8) is 0 Å². The minimum absolute atomic E-state index is 0.962. The van der Waals surface area contributed by atoms with E-state index in [4.69, 9.17) is 4.42 Å². The molecule has 3 aromatic rings. The topological polar surface area (TPSA) is 13.1 Å². The van der Waals surface area contributed by atoms with Crippen LogP contribution in [0.5, 0.6) is 0 Å². The smallest absolute Gasteiger partial charge is 0.142 e. The Kier molecular flexibility index (Phi) is 2.67. The van der Waals surface area contributed by atoms with Crippen LogP contribution in [0.15, 0.2) is 53.0 Å². The quantitative estimate of drug-likeness (QED) is 0.580. The maximum Gasteiger partial charge on any atom is 0.142 e. The third kappa shape index (κ3) is 1.63. The third-order valence-electron chi connectivity index (χ3n) is 3.34. The molecule has 1 heterocycles. The van der Waals surface area contributed by atoms with Gasteiger partial charge in [0.1, 0.15) is 11.2 Å². The van der Waals surface area contributed by atoms with Crippen LogP contribution in [0.1, 0.15) is 25.8 Å². The molecule has 0 aliphatic heterocycles. The fraction of sp³-hybridized carbons (Fsp3) is 0.176. The van der Waals surface area contributed by atoms with E-state index in [2.05, 4.69) is 50.3 Å². The van der Waals surface area contributed by atoms with Gasteiger partial charge in [0.25, 0.3) is 0 Å². The zero-order valence-corrected chi connectivity index (χ0v) is 10.7. The first-order valence-corrected chi connectivity index (χ1v) is 6.38. The lowest BCUT2D eigenvalue weighted by molar-refractivity contribution is 0.667. The molecule has 18 heavy (non-hydrogen) atoms. The van der Waals surface area contributed by atoms with Gasteiger partial charge in [-0.25, -0.2) is 0 Å². The van der Waals surface area contributed by atoms with Gasteiger partial charge in [0.2, 0.25) is 0 Å². The van der Waals surface area contributed by atoms with Crippen molar-refractivity contribution < 1.29 is 4.42 Å². The summed E-state index contributed by atoms with van der Waals surface area (Å²) >= 11 is 0. The molecule has 90 valence electrons. The first kappa shape index (κ1) is 11.1. The van der Waals surface area contributed by atoms with Crippen molar-refractivity contribution in [2.75, 3.05) is 0 Å². The van der Waals surface area contributed by atoms with Crippen molar-refractivity contribution in [2.45, 2.75) is 20.3 Å². The van der Waals surface area contributed by atoms with Crippen molar-refractivity contribution in [3.8, 4) is 0 Å². The molecule has 1 nitrogen and oxygen atoms in total. The number of allylic oxidation sites excluding steroid dienone is 2. The number of rotatable bonds is 2. The maximum absolute atomic E-state index is 6.01. The minimum Gasteiger partial charge on any atom is -0.455 e. The molecule has 0 aliphatic carbocycles. The molecule has 0 amide bonds. The number of hydrogen-bond acceptors (Lipinski definition) is 1. The molecule has 0 radical (unpaired) electrons. The van der Waals surface area contributed by atoms with Crippen molar-refractivity contribution in [1.29, 1.82) is 0 Å². The fourth-order valence-electron chi connectivity index (χ4n) is 2.47. The van der Waals surface area contributed by atoms with E-state index in [0.29, 0.717) is 0 Å². The number of fused-ring (bicyclic) bond motifs is 3. The lowest BCUT2D eigenvalue weighted by Gasteiger charge is -2.01. The minimum atomic E-state index is 0.962. The summed E-state index contributed by atoms with van der Waals surface area (Å²) in [5.41, 5.74) is 4.44. The van der Waals surface area contributed by atoms with Gasteiger partial charge < -0.3 is 4.42 Å². The summed E-state index contributed by atoms with van der Waals surface area (Å²) in [6, 6.07) is 14.6. The number of para-hydroxylation sites is 2. The normalized spacial score (nSPS) is 12.4. The van der Waals surface area contributed by atoms with Gasteiger partial charge in [-0.1, -0.05) is 49.4 Å². The van der Waals surface area contributed by atoms with Crippen LogP contribution in [0.3, 0.4) is 0 Å². The second-order valence-corrected chi connectivity index (χ2v) is 4.58. The summed E-state index contributed by atoms with van der Waals surface area (Å²) in [7, 11) is 0. The Hall–Kier alpha value is -2.02. The summed E-state index contributed by atoms with van der Waals surface area (Å²) in [5.74, 6) is 0. The molecule has 0 aliphatic rings. The van der Waals surface area contributed by atoms with E-state index >= 15 is 0 Å². The van der Waals surface area contributed by atoms with E-state index in [1.165, 1.54) is 21.9 Å². The van der Waals surface area contributed by atoms with E-state index in [1.54, 1.807) is 0 Å². The van der Waals surface area contributed by atoms with Gasteiger partial charge in [-0.3, -0.25) is 0 Å². The molecule has 0 fully saturated rings. The SMILES string of the molecule is CCC=C(C)c1cccc2c1oc1ccccc12. The first-order chi connectivity index (χ1) is 8.81. The number of hydrogen-bond donors (Lipinski definition) is 0. The Bertz CT molecular complexity index is 732. The van der Waals surface area contributed by atoms with Gasteiger partial charge in [-0.15, -0.1) is 0 Å². The number of furan rings is 1. The van der Waals surface area contributed by atoms with E-state index in [1.807, 2.05) is 12.1 Å². The Labute approximate surface area is 107 Å². The molecule has 0 saturated carbocycles. The van der Waals surface area contributed by atoms with E-state index in [0.717, 1.165) is 17.6 Å². The van der Waals surface area contributed by atoms with Crippen molar-refractivity contribution in [2.24, 2.45) is 0 Å². The predicted octanol–water partition coefficient (Wildman–Crippen LogP) is 5.40. The highest BCUT2D eigenvalue weighted by atomic mass is 16.3. The Morgan fingerprint density at radius 3 is 2.67 bits per heavy atom. The second kappa shape index (κ2) is 4.34. The van der Waals surface area contributed by atoms with Gasteiger partial charge in [0, 0.05) is 16.3 Å². The average Bonchev–Trinajstić information content (AvgIpc) is 2.77. The van der Waals surface area contributed by atoms with Gasteiger partial charge in [-0.2, -0.15) is 0 Å². The molecular formula is C17H16O. The second-order valence-electron chi connectivity index (χ2n) is 4.58. The summed E-state index contributed by atoms with van der Waals surface area (Å²) in [6.45, 7) is 4.30. The number of benzene rings is 2. The summed E-state index contributed by atoms with van der Waals surface area (Å²) < 4.78 is 6.01. The van der Waals surface area contributed by atoms with Gasteiger partial charge in [0.15, 0.2) is 0 Å². The Morgan fingerprint density at radius 1 is 1.06 bits per heavy atom. The Morgan fingerprint density at radius 2 is 1.83 bits per heavy atom. The first-order valence-electron chi connectivity index (χ1n) is 6.38. The highest BCUT2D eigenvalue weighted by Crippen LogP contribution is 2.33. The lowest BCUT2D eigenvalue weighted by Crippen LogP contribution is -1.80. The van der Waals surface area contributed by atoms with Crippen LogP contribution in [0.2, 0.25) is 0 Å². The van der Waals surface area contributed by atoms with Crippen LogP contribution in [0.25, 0.3) is 27.5 Å². The molecule has 0 bridgehead atoms. The van der Waals surface area contributed by atoms with Crippen LogP contribution >= 0.6 is 0 Å². The average molecular weight is 236 g/mol. The van der Waals surface area contributed by atoms with Gasteiger partial charge in [0.05, 0.1) is 0 Å². The summed E-state index contributed by atoms with van der Waals surface area (Å²) in [6.07, 6.45) is 3.28. The predicted molar refractivity (Wildman–Crippen MR) is 77.7 cm³/mol. The van der Waals surface area contributed by atoms with Crippen molar-refractivity contribution in [1.82, 2.24) is 0 Å². The molecule has 0 unspecified atom stereocenters. The molecular weight excluding hydrogens is 220 g/mol. The largest absolute Gasteiger partial charge is 0.455 e. The van der Waals surface area contributed by atoms with Crippen LogP contribution in [0.4, 0.5) is 0 Å². The van der Waals surface area contributed by atoms with Crippen LogP contribution in [-0.4, -0.2) is 0 Å². The molecule has 1 aromatic heterocycles. The molecule has 3 rings (SSSR count). The fourth-order valence-corrected chi connectivity index (χ4v) is 2.47.